The number of rotatable bonds is 2. The van der Waals surface area contributed by atoms with E-state index in [1.165, 1.54) is 0 Å². The summed E-state index contributed by atoms with van der Waals surface area (Å²) in [5.74, 6) is 0. The molecule has 0 atom stereocenters. The molecule has 0 saturated carbocycles. The number of nitrogens with two attached hydrogens (primary N) is 1. The van der Waals surface area contributed by atoms with Crippen LogP contribution in [0.2, 0.25) is 10.0 Å². The molecule has 0 spiro atoms. The van der Waals surface area contributed by atoms with Gasteiger partial charge in [0.05, 0.1) is 5.54 Å². The second kappa shape index (κ2) is 4.29. The number of hydrogen-bond donors (Lipinski definition) is 2. The summed E-state index contributed by atoms with van der Waals surface area (Å²) in [4.78, 5) is 10.8. The quantitative estimate of drug-likeness (QED) is 0.829. The zero-order valence-corrected chi connectivity index (χ0v) is 9.99. The first-order chi connectivity index (χ1) is 6.83. The van der Waals surface area contributed by atoms with Crippen LogP contribution in [-0.2, 0) is 5.54 Å². The van der Waals surface area contributed by atoms with Gasteiger partial charge in [0, 0.05) is 10.0 Å². The van der Waals surface area contributed by atoms with Crippen molar-refractivity contribution in [2.75, 3.05) is 0 Å². The van der Waals surface area contributed by atoms with Gasteiger partial charge in [-0.25, -0.2) is 4.79 Å². The summed E-state index contributed by atoms with van der Waals surface area (Å²) in [6.07, 6.45) is 0. The first-order valence-corrected chi connectivity index (χ1v) is 5.11. The van der Waals surface area contributed by atoms with Gasteiger partial charge in [0.25, 0.3) is 0 Å². The molecule has 0 unspecified atom stereocenters. The highest BCUT2D eigenvalue weighted by molar-refractivity contribution is 6.35. The van der Waals surface area contributed by atoms with Crippen molar-refractivity contribution in [2.45, 2.75) is 19.4 Å². The number of amides is 2. The summed E-state index contributed by atoms with van der Waals surface area (Å²) in [5, 5.41) is 3.66. The van der Waals surface area contributed by atoms with Crippen molar-refractivity contribution in [3.63, 3.8) is 0 Å². The van der Waals surface area contributed by atoms with Crippen molar-refractivity contribution in [1.29, 1.82) is 0 Å². The standard InChI is InChI=1S/C10H12Cl2N2O/c1-10(2,14-9(13)15)7-4-3-6(11)5-8(7)12/h3-5H,1-2H3,(H3,13,14,15). The Hall–Kier alpha value is -0.930. The van der Waals surface area contributed by atoms with Crippen LogP contribution >= 0.6 is 23.2 Å². The van der Waals surface area contributed by atoms with Crippen LogP contribution < -0.4 is 11.1 Å². The number of halogens is 2. The van der Waals surface area contributed by atoms with Crippen LogP contribution in [0.3, 0.4) is 0 Å². The van der Waals surface area contributed by atoms with E-state index in [0.717, 1.165) is 5.56 Å². The molecule has 5 heteroatoms. The van der Waals surface area contributed by atoms with Gasteiger partial charge in [-0.3, -0.25) is 0 Å². The lowest BCUT2D eigenvalue weighted by Gasteiger charge is -2.26. The number of nitrogens with one attached hydrogen (secondary N) is 1. The molecule has 3 N–H and O–H groups in total. The van der Waals surface area contributed by atoms with Crippen LogP contribution in [0.4, 0.5) is 4.79 Å². The monoisotopic (exact) mass is 246 g/mol. The van der Waals surface area contributed by atoms with Crippen molar-refractivity contribution in [1.82, 2.24) is 5.32 Å². The normalized spacial score (nSPS) is 11.2. The highest BCUT2D eigenvalue weighted by Gasteiger charge is 2.24. The largest absolute Gasteiger partial charge is 0.352 e. The minimum Gasteiger partial charge on any atom is -0.352 e. The summed E-state index contributed by atoms with van der Waals surface area (Å²) in [6.45, 7) is 3.62. The van der Waals surface area contributed by atoms with Crippen LogP contribution in [-0.4, -0.2) is 6.03 Å². The Labute approximate surface area is 98.5 Å². The van der Waals surface area contributed by atoms with Crippen LogP contribution in [0.1, 0.15) is 19.4 Å². The predicted octanol–water partition coefficient (Wildman–Crippen LogP) is 2.90. The van der Waals surface area contributed by atoms with Crippen LogP contribution in [0.15, 0.2) is 18.2 Å². The summed E-state index contributed by atoms with van der Waals surface area (Å²) in [5.41, 5.74) is 5.23. The third-order valence-electron chi connectivity index (χ3n) is 2.04. The van der Waals surface area contributed by atoms with E-state index in [1.807, 2.05) is 13.8 Å². The van der Waals surface area contributed by atoms with Gasteiger partial charge in [-0.2, -0.15) is 0 Å². The minimum atomic E-state index is -0.618. The molecule has 0 saturated heterocycles. The Balaban J connectivity index is 3.09. The third-order valence-corrected chi connectivity index (χ3v) is 2.59. The number of carbonyl (C=O) groups is 1. The molecule has 0 radical (unpaired) electrons. The number of primary amides is 1. The lowest BCUT2D eigenvalue weighted by atomic mass is 9.94. The van der Waals surface area contributed by atoms with Gasteiger partial charge >= 0.3 is 6.03 Å². The van der Waals surface area contributed by atoms with Gasteiger partial charge < -0.3 is 11.1 Å². The molecule has 0 fully saturated rings. The lowest BCUT2D eigenvalue weighted by molar-refractivity contribution is 0.238. The number of carbonyl (C=O) groups excluding carboxylic acids is 1. The fourth-order valence-electron chi connectivity index (χ4n) is 1.37. The van der Waals surface area contributed by atoms with Crippen molar-refractivity contribution in [3.8, 4) is 0 Å². The molecule has 0 aliphatic carbocycles. The molecule has 0 aromatic heterocycles. The van der Waals surface area contributed by atoms with Crippen molar-refractivity contribution in [2.24, 2.45) is 5.73 Å². The van der Waals surface area contributed by atoms with E-state index in [0.29, 0.717) is 10.0 Å². The van der Waals surface area contributed by atoms with Crippen molar-refractivity contribution < 1.29 is 4.79 Å². The molecule has 1 aromatic carbocycles. The second-order valence-corrected chi connectivity index (χ2v) is 4.58. The number of benzene rings is 1. The third kappa shape index (κ3) is 3.01. The van der Waals surface area contributed by atoms with Gasteiger partial charge in [-0.1, -0.05) is 29.3 Å². The molecule has 3 nitrogen and oxygen atoms in total. The molecular weight excluding hydrogens is 235 g/mol. The van der Waals surface area contributed by atoms with Gasteiger partial charge in [0.15, 0.2) is 0 Å². The Kier molecular flexibility index (Phi) is 3.47. The first kappa shape index (κ1) is 12.1. The maximum Gasteiger partial charge on any atom is 0.312 e. The minimum absolute atomic E-state index is 0.501. The van der Waals surface area contributed by atoms with Crippen molar-refractivity contribution >= 4 is 29.2 Å². The topological polar surface area (TPSA) is 55.1 Å². The Bertz CT molecular complexity index is 391. The fraction of sp³-hybridized carbons (Fsp3) is 0.300. The molecule has 0 aliphatic heterocycles. The average Bonchev–Trinajstić information content (AvgIpc) is 1.99. The van der Waals surface area contributed by atoms with Gasteiger partial charge in [0.2, 0.25) is 0 Å². The van der Waals surface area contributed by atoms with E-state index in [1.54, 1.807) is 18.2 Å². The molecule has 2 amide bonds. The zero-order valence-electron chi connectivity index (χ0n) is 8.47. The highest BCUT2D eigenvalue weighted by atomic mass is 35.5. The molecule has 82 valence electrons. The van der Waals surface area contributed by atoms with Gasteiger partial charge in [-0.05, 0) is 31.5 Å². The van der Waals surface area contributed by atoms with Gasteiger partial charge in [0.1, 0.15) is 0 Å². The van der Waals surface area contributed by atoms with Crippen LogP contribution in [0.5, 0.6) is 0 Å². The van der Waals surface area contributed by atoms with E-state index in [9.17, 15) is 4.79 Å². The second-order valence-electron chi connectivity index (χ2n) is 3.74. The molecule has 15 heavy (non-hydrogen) atoms. The molecule has 1 aromatic rings. The fourth-order valence-corrected chi connectivity index (χ4v) is 2.02. The highest BCUT2D eigenvalue weighted by Crippen LogP contribution is 2.29. The summed E-state index contributed by atoms with van der Waals surface area (Å²) in [7, 11) is 0. The maximum atomic E-state index is 10.8. The van der Waals surface area contributed by atoms with E-state index in [4.69, 9.17) is 28.9 Å². The Morgan fingerprint density at radius 3 is 2.47 bits per heavy atom. The smallest absolute Gasteiger partial charge is 0.312 e. The Morgan fingerprint density at radius 2 is 2.00 bits per heavy atom. The van der Waals surface area contributed by atoms with E-state index in [2.05, 4.69) is 5.32 Å². The van der Waals surface area contributed by atoms with E-state index < -0.39 is 11.6 Å². The van der Waals surface area contributed by atoms with Crippen LogP contribution in [0, 0.1) is 0 Å². The predicted molar refractivity (Wildman–Crippen MR) is 62.2 cm³/mol. The summed E-state index contributed by atoms with van der Waals surface area (Å²) < 4.78 is 0. The Morgan fingerprint density at radius 1 is 1.40 bits per heavy atom. The number of hydrogen-bond acceptors (Lipinski definition) is 1. The maximum absolute atomic E-state index is 10.8. The summed E-state index contributed by atoms with van der Waals surface area (Å²) >= 11 is 11.8. The zero-order chi connectivity index (χ0) is 11.6. The van der Waals surface area contributed by atoms with Crippen molar-refractivity contribution in [3.05, 3.63) is 33.8 Å². The molecule has 0 bridgehead atoms. The SMILES string of the molecule is CC(C)(NC(N)=O)c1ccc(Cl)cc1Cl. The molecular formula is C10H12Cl2N2O. The molecule has 0 aliphatic rings. The van der Waals surface area contributed by atoms with E-state index >= 15 is 0 Å². The molecule has 1 rings (SSSR count). The lowest BCUT2D eigenvalue weighted by Crippen LogP contribution is -2.44. The van der Waals surface area contributed by atoms with Crippen LogP contribution in [0.25, 0.3) is 0 Å². The van der Waals surface area contributed by atoms with E-state index in [-0.39, 0.29) is 0 Å². The van der Waals surface area contributed by atoms with Gasteiger partial charge in [-0.15, -0.1) is 0 Å². The first-order valence-electron chi connectivity index (χ1n) is 4.36. The molecule has 0 heterocycles. The average molecular weight is 247 g/mol. The number of urea groups is 1. The summed E-state index contributed by atoms with van der Waals surface area (Å²) in [6, 6.07) is 4.52.